The Balaban J connectivity index is 1.36. The highest BCUT2D eigenvalue weighted by Gasteiger charge is 2.50. The molecule has 1 aromatic carbocycles. The molecule has 5 rings (SSSR count). The Bertz CT molecular complexity index is 970. The molecular weight excluding hydrogens is 398 g/mol. The van der Waals surface area contributed by atoms with E-state index in [0.717, 1.165) is 49.1 Å². The number of carbonyl (C=O) groups is 3. The van der Waals surface area contributed by atoms with Gasteiger partial charge in [0, 0.05) is 11.7 Å². The third-order valence-electron chi connectivity index (χ3n) is 6.45. The maximum Gasteiger partial charge on any atom is 0.325 e. The predicted octanol–water partition coefficient (Wildman–Crippen LogP) is 2.67. The van der Waals surface area contributed by atoms with Crippen LogP contribution in [0.15, 0.2) is 30.0 Å². The fourth-order valence-electron chi connectivity index (χ4n) is 4.57. The molecule has 4 aliphatic rings. The summed E-state index contributed by atoms with van der Waals surface area (Å²) in [5, 5.41) is 2.78. The van der Waals surface area contributed by atoms with Crippen LogP contribution in [-0.2, 0) is 15.1 Å². The summed E-state index contributed by atoms with van der Waals surface area (Å²) in [6.07, 6.45) is 8.11. The first-order valence-corrected chi connectivity index (χ1v) is 11.0. The van der Waals surface area contributed by atoms with E-state index in [1.54, 1.807) is 25.1 Å². The number of carbonyl (C=O) groups excluding carboxylic acids is 3. The number of hydrogen-bond acceptors (Lipinski definition) is 5. The van der Waals surface area contributed by atoms with E-state index in [-0.39, 0.29) is 18.5 Å². The van der Waals surface area contributed by atoms with Crippen molar-refractivity contribution in [3.8, 4) is 11.5 Å². The lowest BCUT2D eigenvalue weighted by Gasteiger charge is -2.29. The molecule has 31 heavy (non-hydrogen) atoms. The molecule has 4 amide bonds. The van der Waals surface area contributed by atoms with Crippen LogP contribution < -0.4 is 14.8 Å². The second-order valence-electron chi connectivity index (χ2n) is 8.74. The quantitative estimate of drug-likeness (QED) is 0.733. The first-order chi connectivity index (χ1) is 15.0. The summed E-state index contributed by atoms with van der Waals surface area (Å²) in [7, 11) is 0. The van der Waals surface area contributed by atoms with Crippen LogP contribution >= 0.6 is 0 Å². The van der Waals surface area contributed by atoms with Gasteiger partial charge in [0.2, 0.25) is 5.91 Å². The lowest BCUT2D eigenvalue weighted by molar-refractivity contribution is -0.138. The number of ether oxygens (including phenoxy) is 2. The summed E-state index contributed by atoms with van der Waals surface area (Å²) in [5.41, 5.74) is 0.376. The first-order valence-electron chi connectivity index (χ1n) is 11.0. The van der Waals surface area contributed by atoms with Gasteiger partial charge in [0.15, 0.2) is 11.5 Å². The number of hydrogen-bond donors (Lipinski definition) is 1. The topological polar surface area (TPSA) is 88.2 Å². The third kappa shape index (κ3) is 3.54. The molecule has 2 aliphatic heterocycles. The van der Waals surface area contributed by atoms with Gasteiger partial charge in [-0.3, -0.25) is 14.5 Å². The van der Waals surface area contributed by atoms with E-state index >= 15 is 0 Å². The van der Waals surface area contributed by atoms with Gasteiger partial charge in [0.1, 0.15) is 25.3 Å². The van der Waals surface area contributed by atoms with Gasteiger partial charge >= 0.3 is 6.03 Å². The SMILES string of the molecule is C[C@]1(c2ccc3c(c2)OCCO3)NC(=O)N(CC(=O)N(C2=CCCCC2)C2CC2)C1=O. The summed E-state index contributed by atoms with van der Waals surface area (Å²) in [6.45, 7) is 2.31. The average Bonchev–Trinajstić information content (AvgIpc) is 3.59. The largest absolute Gasteiger partial charge is 0.486 e. The molecule has 1 aromatic rings. The van der Waals surface area contributed by atoms with Crippen molar-refractivity contribution in [2.75, 3.05) is 19.8 Å². The highest BCUT2D eigenvalue weighted by atomic mass is 16.6. The molecule has 1 saturated carbocycles. The van der Waals surface area contributed by atoms with Crippen LogP contribution in [0.3, 0.4) is 0 Å². The standard InChI is InChI=1S/C23H27N3O5/c1-23(15-7-10-18-19(13-15)31-12-11-30-18)21(28)25(22(29)24-23)14-20(27)26(17-8-9-17)16-5-3-2-4-6-16/h5,7,10,13,17H,2-4,6,8-9,11-12,14H2,1H3,(H,24,29)/t23-/m1/s1. The second-order valence-corrected chi connectivity index (χ2v) is 8.74. The smallest absolute Gasteiger partial charge is 0.325 e. The van der Waals surface area contributed by atoms with Crippen LogP contribution in [0.5, 0.6) is 11.5 Å². The second kappa shape index (κ2) is 7.59. The Kier molecular flexibility index (Phi) is 4.87. The molecule has 8 nitrogen and oxygen atoms in total. The van der Waals surface area contributed by atoms with Crippen molar-refractivity contribution >= 4 is 17.8 Å². The van der Waals surface area contributed by atoms with Crippen molar-refractivity contribution in [3.63, 3.8) is 0 Å². The molecule has 0 radical (unpaired) electrons. The Labute approximate surface area is 181 Å². The number of rotatable bonds is 5. The number of fused-ring (bicyclic) bond motifs is 1. The van der Waals surface area contributed by atoms with Crippen LogP contribution in [0.1, 0.15) is 51.0 Å². The molecule has 0 unspecified atom stereocenters. The van der Waals surface area contributed by atoms with Crippen LogP contribution in [0.25, 0.3) is 0 Å². The zero-order valence-electron chi connectivity index (χ0n) is 17.7. The minimum absolute atomic E-state index is 0.189. The number of nitrogens with one attached hydrogen (secondary N) is 1. The van der Waals surface area contributed by atoms with Crippen molar-refractivity contribution in [1.82, 2.24) is 15.1 Å². The Hall–Kier alpha value is -3.03. The molecule has 2 heterocycles. The summed E-state index contributed by atoms with van der Waals surface area (Å²) in [4.78, 5) is 42.1. The Morgan fingerprint density at radius 2 is 1.97 bits per heavy atom. The Morgan fingerprint density at radius 1 is 1.19 bits per heavy atom. The van der Waals surface area contributed by atoms with Gasteiger partial charge in [0.25, 0.3) is 5.91 Å². The molecule has 8 heteroatoms. The van der Waals surface area contributed by atoms with E-state index in [0.29, 0.717) is 30.3 Å². The Morgan fingerprint density at radius 3 is 2.68 bits per heavy atom. The minimum Gasteiger partial charge on any atom is -0.486 e. The van der Waals surface area contributed by atoms with Gasteiger partial charge in [-0.2, -0.15) is 0 Å². The van der Waals surface area contributed by atoms with Crippen LogP contribution in [0, 0.1) is 0 Å². The zero-order valence-corrected chi connectivity index (χ0v) is 17.7. The lowest BCUT2D eigenvalue weighted by Crippen LogP contribution is -2.45. The molecule has 2 aliphatic carbocycles. The number of benzene rings is 1. The highest BCUT2D eigenvalue weighted by Crippen LogP contribution is 2.38. The summed E-state index contributed by atoms with van der Waals surface area (Å²) < 4.78 is 11.2. The van der Waals surface area contributed by atoms with E-state index in [4.69, 9.17) is 9.47 Å². The molecule has 0 spiro atoms. The molecule has 2 fully saturated rings. The van der Waals surface area contributed by atoms with Crippen LogP contribution in [0.2, 0.25) is 0 Å². The summed E-state index contributed by atoms with van der Waals surface area (Å²) >= 11 is 0. The van der Waals surface area contributed by atoms with Crippen molar-refractivity contribution in [3.05, 3.63) is 35.5 Å². The lowest BCUT2D eigenvalue weighted by atomic mass is 9.91. The van der Waals surface area contributed by atoms with E-state index in [9.17, 15) is 14.4 Å². The highest BCUT2D eigenvalue weighted by molar-refractivity contribution is 6.09. The molecule has 0 bridgehead atoms. The van der Waals surface area contributed by atoms with Crippen molar-refractivity contribution in [1.29, 1.82) is 0 Å². The fourth-order valence-corrected chi connectivity index (χ4v) is 4.57. The van der Waals surface area contributed by atoms with Gasteiger partial charge < -0.3 is 19.7 Å². The zero-order chi connectivity index (χ0) is 21.6. The van der Waals surface area contributed by atoms with E-state index in [1.807, 2.05) is 4.90 Å². The molecule has 164 valence electrons. The van der Waals surface area contributed by atoms with Gasteiger partial charge in [-0.05, 0) is 63.1 Å². The number of urea groups is 1. The predicted molar refractivity (Wildman–Crippen MR) is 111 cm³/mol. The molecule has 1 saturated heterocycles. The molecular formula is C23H27N3O5. The van der Waals surface area contributed by atoms with Crippen molar-refractivity contribution < 1.29 is 23.9 Å². The van der Waals surface area contributed by atoms with Crippen LogP contribution in [0.4, 0.5) is 4.79 Å². The van der Waals surface area contributed by atoms with Gasteiger partial charge in [-0.1, -0.05) is 12.1 Å². The van der Waals surface area contributed by atoms with E-state index in [2.05, 4.69) is 11.4 Å². The maximum atomic E-state index is 13.3. The first kappa shape index (κ1) is 19.9. The molecule has 1 atom stereocenters. The van der Waals surface area contributed by atoms with Crippen molar-refractivity contribution in [2.45, 2.75) is 57.0 Å². The number of imide groups is 1. The number of allylic oxidation sites excluding steroid dienone is 2. The van der Waals surface area contributed by atoms with Crippen molar-refractivity contribution in [2.24, 2.45) is 0 Å². The van der Waals surface area contributed by atoms with E-state index in [1.165, 1.54) is 0 Å². The van der Waals surface area contributed by atoms with Crippen LogP contribution in [-0.4, -0.2) is 53.4 Å². The van der Waals surface area contributed by atoms with Gasteiger partial charge in [-0.25, -0.2) is 4.79 Å². The molecule has 1 N–H and O–H groups in total. The average molecular weight is 425 g/mol. The fraction of sp³-hybridized carbons (Fsp3) is 0.522. The van der Waals surface area contributed by atoms with Gasteiger partial charge in [0.05, 0.1) is 0 Å². The normalized spacial score (nSPS) is 25.2. The van der Waals surface area contributed by atoms with E-state index < -0.39 is 17.5 Å². The summed E-state index contributed by atoms with van der Waals surface area (Å²) in [5.74, 6) is 0.537. The number of nitrogens with zero attached hydrogens (tertiary/aromatic N) is 2. The minimum atomic E-state index is -1.26. The third-order valence-corrected chi connectivity index (χ3v) is 6.45. The number of amides is 4. The maximum absolute atomic E-state index is 13.3. The molecule has 0 aromatic heterocycles. The monoisotopic (exact) mass is 425 g/mol. The summed E-state index contributed by atoms with van der Waals surface area (Å²) in [6, 6.07) is 4.86. The van der Waals surface area contributed by atoms with Gasteiger partial charge in [-0.15, -0.1) is 0 Å².